The molecular formula is C13H22N2O5S. The molecule has 21 heavy (non-hydrogen) atoms. The Bertz CT molecular complexity index is 515. The van der Waals surface area contributed by atoms with Gasteiger partial charge >= 0.3 is 12.0 Å². The highest BCUT2D eigenvalue weighted by molar-refractivity contribution is 7.91. The largest absolute Gasteiger partial charge is 0.480 e. The zero-order valence-electron chi connectivity index (χ0n) is 12.4. The lowest BCUT2D eigenvalue weighted by molar-refractivity contribution is -0.138. The van der Waals surface area contributed by atoms with Crippen molar-refractivity contribution in [3.05, 3.63) is 12.7 Å². The normalized spacial score (nSPS) is 20.2. The van der Waals surface area contributed by atoms with Crippen LogP contribution in [-0.2, 0) is 14.6 Å². The van der Waals surface area contributed by atoms with E-state index >= 15 is 0 Å². The minimum absolute atomic E-state index is 0.00972. The molecule has 0 aromatic carbocycles. The van der Waals surface area contributed by atoms with Crippen LogP contribution in [0.5, 0.6) is 0 Å². The maximum atomic E-state index is 12.6. The van der Waals surface area contributed by atoms with Gasteiger partial charge in [0.2, 0.25) is 0 Å². The molecule has 8 heteroatoms. The summed E-state index contributed by atoms with van der Waals surface area (Å²) in [5, 5.41) is 8.99. The van der Waals surface area contributed by atoms with E-state index in [9.17, 15) is 18.0 Å². The molecule has 1 saturated heterocycles. The van der Waals surface area contributed by atoms with Crippen LogP contribution in [0, 0.1) is 0 Å². The van der Waals surface area contributed by atoms with Crippen LogP contribution >= 0.6 is 0 Å². The minimum atomic E-state index is -3.19. The molecule has 0 radical (unpaired) electrons. The van der Waals surface area contributed by atoms with E-state index in [1.807, 2.05) is 13.8 Å². The molecule has 0 aromatic rings. The van der Waals surface area contributed by atoms with Crippen molar-refractivity contribution < 1.29 is 23.1 Å². The predicted octanol–water partition coefficient (Wildman–Crippen LogP) is 0.577. The van der Waals surface area contributed by atoms with Crippen molar-refractivity contribution in [3.63, 3.8) is 0 Å². The van der Waals surface area contributed by atoms with E-state index in [-0.39, 0.29) is 30.5 Å². The Hall–Kier alpha value is -1.57. The second kappa shape index (κ2) is 6.93. The standard InChI is InChI=1S/C13H22N2O5S/c1-4-6-14(10(2)3)13(18)15(8-12(16)17)11-5-7-21(19,20)9-11/h4,10-11H,1,5-9H2,2-3H3,(H,16,17). The number of aliphatic carboxylic acids is 1. The first-order chi connectivity index (χ1) is 9.68. The van der Waals surface area contributed by atoms with Crippen LogP contribution in [0.2, 0.25) is 0 Å². The Morgan fingerprint density at radius 2 is 2.05 bits per heavy atom. The number of hydrogen-bond acceptors (Lipinski definition) is 4. The number of hydrogen-bond donors (Lipinski definition) is 1. The van der Waals surface area contributed by atoms with E-state index in [0.717, 1.165) is 4.90 Å². The third-order valence-electron chi connectivity index (χ3n) is 3.40. The Morgan fingerprint density at radius 3 is 2.43 bits per heavy atom. The molecule has 0 aromatic heterocycles. The van der Waals surface area contributed by atoms with Crippen molar-refractivity contribution in [2.75, 3.05) is 24.6 Å². The van der Waals surface area contributed by atoms with Gasteiger partial charge in [-0.15, -0.1) is 6.58 Å². The quantitative estimate of drug-likeness (QED) is 0.723. The Labute approximate surface area is 125 Å². The molecule has 1 N–H and O–H groups in total. The van der Waals surface area contributed by atoms with E-state index in [0.29, 0.717) is 0 Å². The van der Waals surface area contributed by atoms with Gasteiger partial charge < -0.3 is 14.9 Å². The number of urea groups is 1. The summed E-state index contributed by atoms with van der Waals surface area (Å²) in [7, 11) is -3.19. The summed E-state index contributed by atoms with van der Waals surface area (Å²) in [6, 6.07) is -1.18. The summed E-state index contributed by atoms with van der Waals surface area (Å²) < 4.78 is 23.1. The third kappa shape index (κ3) is 4.73. The van der Waals surface area contributed by atoms with E-state index in [2.05, 4.69) is 6.58 Å². The molecule has 1 aliphatic heterocycles. The molecule has 0 bridgehead atoms. The molecule has 7 nitrogen and oxygen atoms in total. The van der Waals surface area contributed by atoms with Crippen molar-refractivity contribution in [2.45, 2.75) is 32.4 Å². The maximum Gasteiger partial charge on any atom is 0.323 e. The summed E-state index contributed by atoms with van der Waals surface area (Å²) in [5.74, 6) is -1.34. The SMILES string of the molecule is C=CCN(C(=O)N(CC(=O)O)C1CCS(=O)(=O)C1)C(C)C. The first-order valence-corrected chi connectivity index (χ1v) is 8.60. The summed E-state index contributed by atoms with van der Waals surface area (Å²) in [4.78, 5) is 26.2. The second-order valence-corrected chi connectivity index (χ2v) is 7.62. The molecule has 0 spiro atoms. The fourth-order valence-electron chi connectivity index (χ4n) is 2.33. The zero-order chi connectivity index (χ0) is 16.2. The van der Waals surface area contributed by atoms with Crippen LogP contribution < -0.4 is 0 Å². The van der Waals surface area contributed by atoms with E-state index in [1.54, 1.807) is 6.08 Å². The highest BCUT2D eigenvalue weighted by atomic mass is 32.2. The number of amides is 2. The second-order valence-electron chi connectivity index (χ2n) is 5.40. The van der Waals surface area contributed by atoms with Crippen LogP contribution in [0.3, 0.4) is 0 Å². The van der Waals surface area contributed by atoms with Gasteiger partial charge in [0, 0.05) is 18.6 Å². The molecule has 1 fully saturated rings. The highest BCUT2D eigenvalue weighted by Crippen LogP contribution is 2.20. The molecule has 1 unspecified atom stereocenters. The molecule has 1 rings (SSSR count). The summed E-state index contributed by atoms with van der Waals surface area (Å²) in [6.07, 6.45) is 1.84. The number of nitrogens with zero attached hydrogens (tertiary/aromatic N) is 2. The van der Waals surface area contributed by atoms with Crippen molar-refractivity contribution in [2.24, 2.45) is 0 Å². The molecule has 0 aliphatic carbocycles. The van der Waals surface area contributed by atoms with Gasteiger partial charge in [-0.05, 0) is 20.3 Å². The van der Waals surface area contributed by atoms with Gasteiger partial charge in [-0.25, -0.2) is 13.2 Å². The number of carbonyl (C=O) groups is 2. The smallest absolute Gasteiger partial charge is 0.323 e. The fourth-order valence-corrected chi connectivity index (χ4v) is 4.06. The Morgan fingerprint density at radius 1 is 1.43 bits per heavy atom. The molecule has 1 heterocycles. The molecule has 2 amide bonds. The van der Waals surface area contributed by atoms with Gasteiger partial charge in [-0.2, -0.15) is 0 Å². The summed E-state index contributed by atoms with van der Waals surface area (Å²) in [6.45, 7) is 6.99. The Balaban J connectivity index is 2.98. The van der Waals surface area contributed by atoms with Crippen molar-refractivity contribution in [1.82, 2.24) is 9.80 Å². The average molecular weight is 318 g/mol. The van der Waals surface area contributed by atoms with Gasteiger partial charge in [-0.3, -0.25) is 4.79 Å². The van der Waals surface area contributed by atoms with E-state index in [1.165, 1.54) is 4.90 Å². The molecular weight excluding hydrogens is 296 g/mol. The first-order valence-electron chi connectivity index (χ1n) is 6.78. The highest BCUT2D eigenvalue weighted by Gasteiger charge is 2.37. The summed E-state index contributed by atoms with van der Waals surface area (Å²) >= 11 is 0. The summed E-state index contributed by atoms with van der Waals surface area (Å²) in [5.41, 5.74) is 0. The number of rotatable bonds is 6. The number of carboxylic acids is 1. The fraction of sp³-hybridized carbons (Fsp3) is 0.692. The lowest BCUT2D eigenvalue weighted by Gasteiger charge is -2.34. The van der Waals surface area contributed by atoms with Crippen molar-refractivity contribution in [1.29, 1.82) is 0 Å². The molecule has 1 aliphatic rings. The van der Waals surface area contributed by atoms with Crippen LogP contribution in [-0.4, -0.2) is 72.0 Å². The van der Waals surface area contributed by atoms with Crippen molar-refractivity contribution >= 4 is 21.8 Å². The lowest BCUT2D eigenvalue weighted by atomic mass is 10.2. The van der Waals surface area contributed by atoms with Crippen LogP contribution in [0.25, 0.3) is 0 Å². The minimum Gasteiger partial charge on any atom is -0.480 e. The van der Waals surface area contributed by atoms with Crippen LogP contribution in [0.15, 0.2) is 12.7 Å². The molecule has 0 saturated carbocycles. The van der Waals surface area contributed by atoms with E-state index < -0.39 is 34.4 Å². The van der Waals surface area contributed by atoms with Crippen LogP contribution in [0.4, 0.5) is 4.79 Å². The van der Waals surface area contributed by atoms with Gasteiger partial charge in [0.25, 0.3) is 0 Å². The Kier molecular flexibility index (Phi) is 5.77. The van der Waals surface area contributed by atoms with Gasteiger partial charge in [0.15, 0.2) is 9.84 Å². The van der Waals surface area contributed by atoms with Crippen LogP contribution in [0.1, 0.15) is 20.3 Å². The molecule has 120 valence electrons. The van der Waals surface area contributed by atoms with Gasteiger partial charge in [0.1, 0.15) is 6.54 Å². The number of carboxylic acid groups (broad SMARTS) is 1. The molecule has 1 atom stereocenters. The average Bonchev–Trinajstić information content (AvgIpc) is 2.72. The number of carbonyl (C=O) groups excluding carboxylic acids is 1. The zero-order valence-corrected chi connectivity index (χ0v) is 13.2. The predicted molar refractivity (Wildman–Crippen MR) is 78.8 cm³/mol. The van der Waals surface area contributed by atoms with Crippen molar-refractivity contribution in [3.8, 4) is 0 Å². The van der Waals surface area contributed by atoms with E-state index in [4.69, 9.17) is 5.11 Å². The topological polar surface area (TPSA) is 95.0 Å². The maximum absolute atomic E-state index is 12.6. The van der Waals surface area contributed by atoms with Gasteiger partial charge in [-0.1, -0.05) is 6.08 Å². The number of sulfone groups is 1. The lowest BCUT2D eigenvalue weighted by Crippen LogP contribution is -2.52. The first kappa shape index (κ1) is 17.5. The third-order valence-corrected chi connectivity index (χ3v) is 5.15. The van der Waals surface area contributed by atoms with Gasteiger partial charge in [0.05, 0.1) is 11.5 Å². The monoisotopic (exact) mass is 318 g/mol.